The quantitative estimate of drug-likeness (QED) is 0.743. The summed E-state index contributed by atoms with van der Waals surface area (Å²) in [5.41, 5.74) is 1.18. The van der Waals surface area contributed by atoms with Crippen molar-refractivity contribution < 1.29 is 9.90 Å². The zero-order valence-corrected chi connectivity index (χ0v) is 10.6. The SMILES string of the molecule is O=C(O)c1ccccc1CNCCCn1ccnc1. The summed E-state index contributed by atoms with van der Waals surface area (Å²) in [6, 6.07) is 7.07. The molecule has 2 rings (SSSR count). The second-order valence-electron chi connectivity index (χ2n) is 4.29. The van der Waals surface area contributed by atoms with Gasteiger partial charge in [0.1, 0.15) is 0 Å². The number of nitrogens with one attached hydrogen (secondary N) is 1. The molecule has 0 fully saturated rings. The first-order valence-electron chi connectivity index (χ1n) is 6.25. The first-order chi connectivity index (χ1) is 9.27. The van der Waals surface area contributed by atoms with E-state index in [1.165, 1.54) is 0 Å². The number of carboxylic acid groups (broad SMARTS) is 1. The van der Waals surface area contributed by atoms with Gasteiger partial charge in [0.25, 0.3) is 0 Å². The number of carbonyl (C=O) groups is 1. The number of imidazole rings is 1. The average molecular weight is 259 g/mol. The molecule has 0 saturated heterocycles. The molecule has 0 aliphatic rings. The zero-order valence-electron chi connectivity index (χ0n) is 10.6. The van der Waals surface area contributed by atoms with E-state index in [1.54, 1.807) is 24.7 Å². The van der Waals surface area contributed by atoms with Crippen molar-refractivity contribution in [2.75, 3.05) is 6.54 Å². The van der Waals surface area contributed by atoms with E-state index in [0.717, 1.165) is 25.1 Å². The molecular formula is C14H17N3O2. The van der Waals surface area contributed by atoms with Crippen LogP contribution >= 0.6 is 0 Å². The van der Waals surface area contributed by atoms with E-state index in [4.69, 9.17) is 5.11 Å². The van der Waals surface area contributed by atoms with Crippen LogP contribution in [-0.4, -0.2) is 27.2 Å². The van der Waals surface area contributed by atoms with Gasteiger partial charge in [-0.1, -0.05) is 18.2 Å². The Morgan fingerprint density at radius 1 is 1.37 bits per heavy atom. The summed E-state index contributed by atoms with van der Waals surface area (Å²) >= 11 is 0. The monoisotopic (exact) mass is 259 g/mol. The fraction of sp³-hybridized carbons (Fsp3) is 0.286. The predicted octanol–water partition coefficient (Wildman–Crippen LogP) is 1.76. The molecule has 5 nitrogen and oxygen atoms in total. The minimum atomic E-state index is -0.879. The molecule has 2 aromatic rings. The molecule has 0 spiro atoms. The van der Waals surface area contributed by atoms with Gasteiger partial charge in [-0.3, -0.25) is 0 Å². The molecule has 1 aromatic heterocycles. The summed E-state index contributed by atoms with van der Waals surface area (Å²) in [5, 5.41) is 12.3. The van der Waals surface area contributed by atoms with Crippen molar-refractivity contribution in [2.45, 2.75) is 19.5 Å². The molecule has 0 atom stereocenters. The van der Waals surface area contributed by atoms with Crippen LogP contribution in [0.4, 0.5) is 0 Å². The Morgan fingerprint density at radius 2 is 2.21 bits per heavy atom. The van der Waals surface area contributed by atoms with Crippen LogP contribution in [0.2, 0.25) is 0 Å². The second-order valence-corrected chi connectivity index (χ2v) is 4.29. The van der Waals surface area contributed by atoms with Gasteiger partial charge in [-0.2, -0.15) is 0 Å². The third-order valence-corrected chi connectivity index (χ3v) is 2.89. The smallest absolute Gasteiger partial charge is 0.336 e. The first-order valence-corrected chi connectivity index (χ1v) is 6.25. The molecule has 0 saturated carbocycles. The molecule has 0 radical (unpaired) electrons. The van der Waals surface area contributed by atoms with Crippen molar-refractivity contribution >= 4 is 5.97 Å². The van der Waals surface area contributed by atoms with Crippen molar-refractivity contribution in [3.8, 4) is 0 Å². The summed E-state index contributed by atoms with van der Waals surface area (Å²) in [7, 11) is 0. The summed E-state index contributed by atoms with van der Waals surface area (Å²) in [6.45, 7) is 2.33. The number of hydrogen-bond donors (Lipinski definition) is 2. The van der Waals surface area contributed by atoms with Gasteiger partial charge >= 0.3 is 5.97 Å². The van der Waals surface area contributed by atoms with Gasteiger partial charge in [0.2, 0.25) is 0 Å². The van der Waals surface area contributed by atoms with Crippen molar-refractivity contribution in [3.05, 3.63) is 54.1 Å². The van der Waals surface area contributed by atoms with Crippen molar-refractivity contribution in [3.63, 3.8) is 0 Å². The van der Waals surface area contributed by atoms with Crippen LogP contribution in [-0.2, 0) is 13.1 Å². The molecule has 100 valence electrons. The number of aromatic carboxylic acids is 1. The zero-order chi connectivity index (χ0) is 13.5. The number of benzene rings is 1. The van der Waals surface area contributed by atoms with Gasteiger partial charge in [-0.15, -0.1) is 0 Å². The Kier molecular flexibility index (Phi) is 4.69. The van der Waals surface area contributed by atoms with E-state index in [1.807, 2.05) is 22.9 Å². The normalized spacial score (nSPS) is 10.5. The molecule has 0 unspecified atom stereocenters. The van der Waals surface area contributed by atoms with Gasteiger partial charge in [0.05, 0.1) is 11.9 Å². The topological polar surface area (TPSA) is 67.2 Å². The molecule has 0 bridgehead atoms. The molecule has 5 heteroatoms. The Hall–Kier alpha value is -2.14. The molecule has 0 aliphatic carbocycles. The van der Waals surface area contributed by atoms with E-state index in [-0.39, 0.29) is 0 Å². The number of aromatic nitrogens is 2. The Morgan fingerprint density at radius 3 is 2.95 bits per heavy atom. The average Bonchev–Trinajstić information content (AvgIpc) is 2.92. The second kappa shape index (κ2) is 6.70. The number of nitrogens with zero attached hydrogens (tertiary/aromatic N) is 2. The van der Waals surface area contributed by atoms with E-state index in [0.29, 0.717) is 12.1 Å². The van der Waals surface area contributed by atoms with Crippen LogP contribution in [0.1, 0.15) is 22.3 Å². The number of aryl methyl sites for hydroxylation is 1. The maximum atomic E-state index is 11.0. The predicted molar refractivity (Wildman–Crippen MR) is 72.0 cm³/mol. The molecule has 0 amide bonds. The molecule has 19 heavy (non-hydrogen) atoms. The molecule has 1 heterocycles. The Labute approximate surface area is 111 Å². The number of hydrogen-bond acceptors (Lipinski definition) is 3. The van der Waals surface area contributed by atoms with Crippen LogP contribution in [0.25, 0.3) is 0 Å². The molecular weight excluding hydrogens is 242 g/mol. The summed E-state index contributed by atoms with van der Waals surface area (Å²) in [5.74, 6) is -0.879. The Bertz CT molecular complexity index is 523. The van der Waals surface area contributed by atoms with Gasteiger partial charge in [-0.25, -0.2) is 9.78 Å². The fourth-order valence-corrected chi connectivity index (χ4v) is 1.91. The van der Waals surface area contributed by atoms with Gasteiger partial charge in [0.15, 0.2) is 0 Å². The first kappa shape index (κ1) is 13.3. The Balaban J connectivity index is 1.75. The number of carboxylic acids is 1. The van der Waals surface area contributed by atoms with E-state index in [2.05, 4.69) is 10.3 Å². The lowest BCUT2D eigenvalue weighted by Crippen LogP contribution is -2.18. The lowest BCUT2D eigenvalue weighted by atomic mass is 10.1. The summed E-state index contributed by atoms with van der Waals surface area (Å²) < 4.78 is 2.02. The van der Waals surface area contributed by atoms with Crippen molar-refractivity contribution in [1.82, 2.24) is 14.9 Å². The van der Waals surface area contributed by atoms with Crippen molar-refractivity contribution in [2.24, 2.45) is 0 Å². The van der Waals surface area contributed by atoms with Gasteiger partial charge < -0.3 is 15.0 Å². The standard InChI is InChI=1S/C14H17N3O2/c18-14(19)13-5-2-1-4-12(13)10-15-6-3-8-17-9-7-16-11-17/h1-2,4-5,7,9,11,15H,3,6,8,10H2,(H,18,19). The van der Waals surface area contributed by atoms with Crippen LogP contribution in [0.5, 0.6) is 0 Å². The summed E-state index contributed by atoms with van der Waals surface area (Å²) in [6.07, 6.45) is 6.46. The van der Waals surface area contributed by atoms with Crippen LogP contribution in [0.3, 0.4) is 0 Å². The minimum absolute atomic E-state index is 0.365. The van der Waals surface area contributed by atoms with Crippen LogP contribution in [0, 0.1) is 0 Å². The third kappa shape index (κ3) is 3.93. The fourth-order valence-electron chi connectivity index (χ4n) is 1.91. The van der Waals surface area contributed by atoms with E-state index < -0.39 is 5.97 Å². The highest BCUT2D eigenvalue weighted by atomic mass is 16.4. The van der Waals surface area contributed by atoms with Crippen LogP contribution in [0.15, 0.2) is 43.0 Å². The van der Waals surface area contributed by atoms with Crippen molar-refractivity contribution in [1.29, 1.82) is 0 Å². The largest absolute Gasteiger partial charge is 0.478 e. The maximum absolute atomic E-state index is 11.0. The van der Waals surface area contributed by atoms with Crippen LogP contribution < -0.4 is 5.32 Å². The van der Waals surface area contributed by atoms with Gasteiger partial charge in [0, 0.05) is 25.5 Å². The summed E-state index contributed by atoms with van der Waals surface area (Å²) in [4.78, 5) is 15.0. The lowest BCUT2D eigenvalue weighted by Gasteiger charge is -2.08. The minimum Gasteiger partial charge on any atom is -0.478 e. The number of rotatable bonds is 7. The maximum Gasteiger partial charge on any atom is 0.336 e. The molecule has 1 aromatic carbocycles. The highest BCUT2D eigenvalue weighted by Gasteiger charge is 2.07. The molecule has 0 aliphatic heterocycles. The van der Waals surface area contributed by atoms with E-state index in [9.17, 15) is 4.79 Å². The lowest BCUT2D eigenvalue weighted by molar-refractivity contribution is 0.0695. The highest BCUT2D eigenvalue weighted by Crippen LogP contribution is 2.08. The highest BCUT2D eigenvalue weighted by molar-refractivity contribution is 5.89. The molecule has 2 N–H and O–H groups in total. The third-order valence-electron chi connectivity index (χ3n) is 2.89. The van der Waals surface area contributed by atoms with Gasteiger partial charge in [-0.05, 0) is 24.6 Å². The van der Waals surface area contributed by atoms with E-state index >= 15 is 0 Å².